The van der Waals surface area contributed by atoms with Crippen molar-refractivity contribution in [3.63, 3.8) is 0 Å². The second-order valence-electron chi connectivity index (χ2n) is 6.77. The van der Waals surface area contributed by atoms with Crippen molar-refractivity contribution in [1.82, 2.24) is 4.90 Å². The van der Waals surface area contributed by atoms with Crippen molar-refractivity contribution in [3.8, 4) is 11.5 Å². The predicted octanol–water partition coefficient (Wildman–Crippen LogP) is 4.84. The zero-order valence-corrected chi connectivity index (χ0v) is 15.6. The standard InChI is InChI=1S/C22H17ClN2O3/c23-16-5-3-4-15(11-16)21-24-18-7-2-1-6-17(18)22(26)25(21)12-14-8-9-19-20(10-14)28-13-27-19/h1-11,21,24H,12-13H2. The van der Waals surface area contributed by atoms with Crippen LogP contribution >= 0.6 is 11.6 Å². The Morgan fingerprint density at radius 3 is 2.75 bits per heavy atom. The Balaban J connectivity index is 1.54. The monoisotopic (exact) mass is 392 g/mol. The summed E-state index contributed by atoms with van der Waals surface area (Å²) in [4.78, 5) is 15.1. The van der Waals surface area contributed by atoms with Gasteiger partial charge in [-0.3, -0.25) is 4.79 Å². The molecule has 1 atom stereocenters. The third kappa shape index (κ3) is 2.94. The first-order valence-electron chi connectivity index (χ1n) is 8.99. The van der Waals surface area contributed by atoms with Crippen molar-refractivity contribution >= 4 is 23.2 Å². The van der Waals surface area contributed by atoms with E-state index in [2.05, 4.69) is 5.32 Å². The van der Waals surface area contributed by atoms with E-state index in [1.54, 1.807) is 0 Å². The lowest BCUT2D eigenvalue weighted by Gasteiger charge is -2.38. The maximum absolute atomic E-state index is 13.3. The van der Waals surface area contributed by atoms with E-state index in [0.717, 1.165) is 22.6 Å². The molecule has 5 rings (SSSR count). The molecule has 0 aliphatic carbocycles. The summed E-state index contributed by atoms with van der Waals surface area (Å²) in [7, 11) is 0. The van der Waals surface area contributed by atoms with Crippen LogP contribution in [-0.2, 0) is 6.54 Å². The van der Waals surface area contributed by atoms with Crippen molar-refractivity contribution in [2.75, 3.05) is 12.1 Å². The fourth-order valence-corrected chi connectivity index (χ4v) is 3.83. The first-order valence-corrected chi connectivity index (χ1v) is 9.37. The second-order valence-corrected chi connectivity index (χ2v) is 7.20. The van der Waals surface area contributed by atoms with Gasteiger partial charge in [0, 0.05) is 17.3 Å². The summed E-state index contributed by atoms with van der Waals surface area (Å²) in [6, 6.07) is 20.9. The van der Waals surface area contributed by atoms with Gasteiger partial charge in [-0.1, -0.05) is 41.9 Å². The Morgan fingerprint density at radius 1 is 1.00 bits per heavy atom. The minimum Gasteiger partial charge on any atom is -0.454 e. The molecule has 2 aliphatic heterocycles. The van der Waals surface area contributed by atoms with Crippen LogP contribution in [0.25, 0.3) is 0 Å². The molecule has 140 valence electrons. The van der Waals surface area contributed by atoms with E-state index in [1.807, 2.05) is 71.6 Å². The summed E-state index contributed by atoms with van der Waals surface area (Å²) in [6.07, 6.45) is -0.327. The van der Waals surface area contributed by atoms with E-state index in [1.165, 1.54) is 0 Å². The fraction of sp³-hybridized carbons (Fsp3) is 0.136. The molecule has 1 unspecified atom stereocenters. The zero-order valence-electron chi connectivity index (χ0n) is 14.9. The van der Waals surface area contributed by atoms with E-state index in [9.17, 15) is 4.79 Å². The van der Waals surface area contributed by atoms with Crippen LogP contribution in [0, 0.1) is 0 Å². The number of carbonyl (C=O) groups is 1. The largest absolute Gasteiger partial charge is 0.454 e. The third-order valence-corrected chi connectivity index (χ3v) is 5.21. The Labute approximate surface area is 167 Å². The fourth-order valence-electron chi connectivity index (χ4n) is 3.63. The van der Waals surface area contributed by atoms with E-state index in [-0.39, 0.29) is 18.9 Å². The van der Waals surface area contributed by atoms with Gasteiger partial charge >= 0.3 is 0 Å². The number of ether oxygens (including phenoxy) is 2. The van der Waals surface area contributed by atoms with Crippen LogP contribution in [0.4, 0.5) is 5.69 Å². The number of carbonyl (C=O) groups excluding carboxylic acids is 1. The number of hydrogen-bond acceptors (Lipinski definition) is 4. The SMILES string of the molecule is O=C1c2ccccc2NC(c2cccc(Cl)c2)N1Cc1ccc2c(c1)OCO2. The number of nitrogens with one attached hydrogen (secondary N) is 1. The molecule has 3 aromatic carbocycles. The van der Waals surface area contributed by atoms with Gasteiger partial charge in [0.25, 0.3) is 5.91 Å². The Kier molecular flexibility index (Phi) is 4.10. The molecule has 2 aliphatic rings. The highest BCUT2D eigenvalue weighted by atomic mass is 35.5. The molecule has 0 saturated heterocycles. The summed E-state index contributed by atoms with van der Waals surface area (Å²) in [5.74, 6) is 1.40. The molecule has 0 aromatic heterocycles. The molecule has 0 saturated carbocycles. The van der Waals surface area contributed by atoms with Crippen LogP contribution in [0.5, 0.6) is 11.5 Å². The van der Waals surface area contributed by atoms with E-state index in [0.29, 0.717) is 22.9 Å². The Morgan fingerprint density at radius 2 is 1.86 bits per heavy atom. The lowest BCUT2D eigenvalue weighted by atomic mass is 10.0. The quantitative estimate of drug-likeness (QED) is 0.693. The molecule has 0 radical (unpaired) electrons. The minimum atomic E-state index is -0.327. The molecule has 28 heavy (non-hydrogen) atoms. The highest BCUT2D eigenvalue weighted by molar-refractivity contribution is 6.30. The van der Waals surface area contributed by atoms with Gasteiger partial charge < -0.3 is 19.7 Å². The molecule has 6 heteroatoms. The predicted molar refractivity (Wildman–Crippen MR) is 107 cm³/mol. The Hall–Kier alpha value is -3.18. The topological polar surface area (TPSA) is 50.8 Å². The van der Waals surface area contributed by atoms with Crippen molar-refractivity contribution < 1.29 is 14.3 Å². The molecule has 2 heterocycles. The summed E-state index contributed by atoms with van der Waals surface area (Å²) in [5.41, 5.74) is 3.36. The summed E-state index contributed by atoms with van der Waals surface area (Å²) in [6.45, 7) is 0.648. The molecule has 0 bridgehead atoms. The molecule has 1 amide bonds. The van der Waals surface area contributed by atoms with E-state index in [4.69, 9.17) is 21.1 Å². The van der Waals surface area contributed by atoms with Crippen LogP contribution in [0.1, 0.15) is 27.7 Å². The van der Waals surface area contributed by atoms with Crippen molar-refractivity contribution in [2.45, 2.75) is 12.7 Å². The maximum atomic E-state index is 13.3. The number of fused-ring (bicyclic) bond motifs is 2. The van der Waals surface area contributed by atoms with Gasteiger partial charge in [0.1, 0.15) is 6.17 Å². The number of hydrogen-bond donors (Lipinski definition) is 1. The number of nitrogens with zero attached hydrogens (tertiary/aromatic N) is 1. The van der Waals surface area contributed by atoms with Gasteiger partial charge in [-0.05, 0) is 47.5 Å². The van der Waals surface area contributed by atoms with E-state index >= 15 is 0 Å². The van der Waals surface area contributed by atoms with Gasteiger partial charge in [0.05, 0.1) is 5.56 Å². The van der Waals surface area contributed by atoms with Crippen molar-refractivity contribution in [3.05, 3.63) is 88.4 Å². The summed E-state index contributed by atoms with van der Waals surface area (Å²) in [5, 5.41) is 4.12. The smallest absolute Gasteiger partial charge is 0.258 e. The lowest BCUT2D eigenvalue weighted by molar-refractivity contribution is 0.0666. The molecule has 0 fully saturated rings. The minimum absolute atomic E-state index is 0.0306. The zero-order chi connectivity index (χ0) is 19.1. The van der Waals surface area contributed by atoms with Gasteiger partial charge in [0.15, 0.2) is 11.5 Å². The number of rotatable bonds is 3. The number of amides is 1. The van der Waals surface area contributed by atoms with Crippen molar-refractivity contribution in [1.29, 1.82) is 0 Å². The van der Waals surface area contributed by atoms with Gasteiger partial charge in [-0.2, -0.15) is 0 Å². The van der Waals surface area contributed by atoms with Gasteiger partial charge in [-0.25, -0.2) is 0 Å². The summed E-state index contributed by atoms with van der Waals surface area (Å²) < 4.78 is 10.9. The van der Waals surface area contributed by atoms with Gasteiger partial charge in [0.2, 0.25) is 6.79 Å². The molecular weight excluding hydrogens is 376 g/mol. The number of anilines is 1. The first-order chi connectivity index (χ1) is 13.7. The average molecular weight is 393 g/mol. The second kappa shape index (κ2) is 6.77. The van der Waals surface area contributed by atoms with Crippen molar-refractivity contribution in [2.24, 2.45) is 0 Å². The van der Waals surface area contributed by atoms with Crippen LogP contribution < -0.4 is 14.8 Å². The average Bonchev–Trinajstić information content (AvgIpc) is 3.18. The first kappa shape index (κ1) is 17.0. The van der Waals surface area contributed by atoms with Crippen LogP contribution in [0.15, 0.2) is 66.7 Å². The Bertz CT molecular complexity index is 1070. The third-order valence-electron chi connectivity index (χ3n) is 4.98. The maximum Gasteiger partial charge on any atom is 0.258 e. The number of benzene rings is 3. The van der Waals surface area contributed by atoms with Crippen LogP contribution in [0.2, 0.25) is 5.02 Å². The van der Waals surface area contributed by atoms with E-state index < -0.39 is 0 Å². The number of para-hydroxylation sites is 1. The number of halogens is 1. The normalized spacial score (nSPS) is 17.2. The highest BCUT2D eigenvalue weighted by Gasteiger charge is 2.33. The lowest BCUT2D eigenvalue weighted by Crippen LogP contribution is -2.42. The highest BCUT2D eigenvalue weighted by Crippen LogP contribution is 2.37. The molecular formula is C22H17ClN2O3. The molecule has 5 nitrogen and oxygen atoms in total. The molecule has 0 spiro atoms. The van der Waals surface area contributed by atoms with Crippen LogP contribution in [-0.4, -0.2) is 17.6 Å². The van der Waals surface area contributed by atoms with Gasteiger partial charge in [-0.15, -0.1) is 0 Å². The van der Waals surface area contributed by atoms with Crippen LogP contribution in [0.3, 0.4) is 0 Å². The molecule has 1 N–H and O–H groups in total. The summed E-state index contributed by atoms with van der Waals surface area (Å²) >= 11 is 6.21. The molecule has 3 aromatic rings.